The first-order chi connectivity index (χ1) is 16.4. The molecule has 0 saturated heterocycles. The molecular formula is C25H33Cl2N3O4S. The molecule has 10 heteroatoms. The molecule has 0 bridgehead atoms. The van der Waals surface area contributed by atoms with Gasteiger partial charge < -0.3 is 10.2 Å². The average Bonchev–Trinajstić information content (AvgIpc) is 2.78. The number of halogens is 2. The van der Waals surface area contributed by atoms with E-state index >= 15 is 0 Å². The Morgan fingerprint density at radius 1 is 1.06 bits per heavy atom. The van der Waals surface area contributed by atoms with E-state index in [0.717, 1.165) is 16.1 Å². The van der Waals surface area contributed by atoms with E-state index in [2.05, 4.69) is 5.32 Å². The summed E-state index contributed by atoms with van der Waals surface area (Å²) >= 11 is 12.4. The summed E-state index contributed by atoms with van der Waals surface area (Å²) in [4.78, 5) is 28.0. The fraction of sp³-hybridized carbons (Fsp3) is 0.440. The minimum absolute atomic E-state index is 0.0217. The molecule has 0 aliphatic heterocycles. The van der Waals surface area contributed by atoms with Gasteiger partial charge in [-0.1, -0.05) is 68.2 Å². The van der Waals surface area contributed by atoms with Crippen LogP contribution in [-0.2, 0) is 26.2 Å². The summed E-state index contributed by atoms with van der Waals surface area (Å²) < 4.78 is 26.8. The van der Waals surface area contributed by atoms with E-state index in [-0.39, 0.29) is 18.4 Å². The number of nitrogens with zero attached hydrogens (tertiary/aromatic N) is 2. The van der Waals surface area contributed by atoms with Crippen molar-refractivity contribution in [1.82, 2.24) is 10.2 Å². The molecule has 0 fully saturated rings. The van der Waals surface area contributed by atoms with Crippen LogP contribution in [-0.4, -0.2) is 50.5 Å². The Hall–Kier alpha value is -2.29. The van der Waals surface area contributed by atoms with Crippen molar-refractivity contribution in [1.29, 1.82) is 0 Å². The summed E-state index contributed by atoms with van der Waals surface area (Å²) in [6.07, 6.45) is 1.41. The van der Waals surface area contributed by atoms with Gasteiger partial charge in [0.1, 0.15) is 12.6 Å². The molecule has 2 aromatic rings. The third-order valence-corrected chi connectivity index (χ3v) is 7.31. The molecule has 0 aliphatic rings. The van der Waals surface area contributed by atoms with Crippen molar-refractivity contribution in [2.45, 2.75) is 52.6 Å². The van der Waals surface area contributed by atoms with E-state index in [1.807, 2.05) is 26.0 Å². The predicted octanol–water partition coefficient (Wildman–Crippen LogP) is 4.83. The van der Waals surface area contributed by atoms with E-state index in [1.54, 1.807) is 44.2 Å². The maximum atomic E-state index is 13.7. The molecule has 1 atom stereocenters. The first-order valence-electron chi connectivity index (χ1n) is 11.5. The number of anilines is 1. The van der Waals surface area contributed by atoms with Crippen LogP contribution in [0.15, 0.2) is 42.5 Å². The van der Waals surface area contributed by atoms with Gasteiger partial charge in [0.15, 0.2) is 0 Å². The largest absolute Gasteiger partial charge is 0.355 e. The maximum Gasteiger partial charge on any atom is 0.244 e. The van der Waals surface area contributed by atoms with E-state index in [4.69, 9.17) is 23.2 Å². The molecular weight excluding hydrogens is 509 g/mol. The maximum absolute atomic E-state index is 13.7. The average molecular weight is 543 g/mol. The van der Waals surface area contributed by atoms with Gasteiger partial charge in [-0.2, -0.15) is 0 Å². The summed E-state index contributed by atoms with van der Waals surface area (Å²) in [5.41, 5.74) is 1.84. The Morgan fingerprint density at radius 3 is 2.26 bits per heavy atom. The van der Waals surface area contributed by atoms with E-state index in [0.29, 0.717) is 34.3 Å². The standard InChI is InChI=1S/C25H33Cl2N3O4S/c1-6-22(25(32)28-7-2)29(15-18-12-13-19(26)14-21(18)27)24(31)16-30(35(5,33)34)23-11-9-8-10-20(23)17(3)4/h8-14,17,22H,6-7,15-16H2,1-5H3,(H,28,32)/t22-/m0/s1. The second kappa shape index (κ2) is 12.6. The van der Waals surface area contributed by atoms with Gasteiger partial charge >= 0.3 is 0 Å². The van der Waals surface area contributed by atoms with Crippen LogP contribution in [0.2, 0.25) is 10.0 Å². The third kappa shape index (κ3) is 7.59. The van der Waals surface area contributed by atoms with Gasteiger partial charge in [0, 0.05) is 23.1 Å². The summed E-state index contributed by atoms with van der Waals surface area (Å²) in [6, 6.07) is 11.2. The number of sulfonamides is 1. The zero-order chi connectivity index (χ0) is 26.3. The number of hydrogen-bond acceptors (Lipinski definition) is 4. The number of rotatable bonds is 11. The number of carbonyl (C=O) groups is 2. The van der Waals surface area contributed by atoms with Crippen molar-refractivity contribution in [3.63, 3.8) is 0 Å². The van der Waals surface area contributed by atoms with Crippen LogP contribution in [0.3, 0.4) is 0 Å². The molecule has 0 aromatic heterocycles. The second-order valence-corrected chi connectivity index (χ2v) is 11.3. The monoisotopic (exact) mass is 541 g/mol. The van der Waals surface area contributed by atoms with Crippen molar-refractivity contribution >= 4 is 50.7 Å². The lowest BCUT2D eigenvalue weighted by molar-refractivity contribution is -0.140. The predicted molar refractivity (Wildman–Crippen MR) is 142 cm³/mol. The van der Waals surface area contributed by atoms with Crippen LogP contribution < -0.4 is 9.62 Å². The van der Waals surface area contributed by atoms with Gasteiger partial charge in [-0.25, -0.2) is 8.42 Å². The molecule has 192 valence electrons. The van der Waals surface area contributed by atoms with E-state index in [9.17, 15) is 18.0 Å². The number of para-hydroxylation sites is 1. The summed E-state index contributed by atoms with van der Waals surface area (Å²) in [6.45, 7) is 7.47. The molecule has 2 rings (SSSR count). The number of nitrogens with one attached hydrogen (secondary N) is 1. The fourth-order valence-corrected chi connectivity index (χ4v) is 5.18. The Kier molecular flexibility index (Phi) is 10.4. The molecule has 0 saturated carbocycles. The van der Waals surface area contributed by atoms with Crippen molar-refractivity contribution in [3.05, 3.63) is 63.6 Å². The normalized spacial score (nSPS) is 12.3. The van der Waals surface area contributed by atoms with Gasteiger partial charge in [0.2, 0.25) is 21.8 Å². The zero-order valence-corrected chi connectivity index (χ0v) is 23.0. The lowest BCUT2D eigenvalue weighted by Crippen LogP contribution is -2.52. The molecule has 1 N–H and O–H groups in total. The Bertz CT molecular complexity index is 1160. The highest BCUT2D eigenvalue weighted by atomic mass is 35.5. The first kappa shape index (κ1) is 28.9. The minimum atomic E-state index is -3.81. The molecule has 7 nitrogen and oxygen atoms in total. The summed E-state index contributed by atoms with van der Waals surface area (Å²) in [7, 11) is -3.81. The van der Waals surface area contributed by atoms with Crippen molar-refractivity contribution in [3.8, 4) is 0 Å². The van der Waals surface area contributed by atoms with E-state index in [1.165, 1.54) is 4.90 Å². The molecule has 0 heterocycles. The lowest BCUT2D eigenvalue weighted by atomic mass is 10.0. The van der Waals surface area contributed by atoms with Crippen LogP contribution in [0, 0.1) is 0 Å². The summed E-state index contributed by atoms with van der Waals surface area (Å²) in [5.74, 6) is -0.798. The number of benzene rings is 2. The molecule has 2 aromatic carbocycles. The third-order valence-electron chi connectivity index (χ3n) is 5.60. The van der Waals surface area contributed by atoms with Crippen molar-refractivity contribution in [2.75, 3.05) is 23.7 Å². The highest BCUT2D eigenvalue weighted by Gasteiger charge is 2.32. The van der Waals surface area contributed by atoms with Gasteiger partial charge in [0.25, 0.3) is 0 Å². The van der Waals surface area contributed by atoms with Crippen LogP contribution in [0.25, 0.3) is 0 Å². The minimum Gasteiger partial charge on any atom is -0.355 e. The SMILES string of the molecule is CCNC(=O)[C@H](CC)N(Cc1ccc(Cl)cc1Cl)C(=O)CN(c1ccccc1C(C)C)S(C)(=O)=O. The summed E-state index contributed by atoms with van der Waals surface area (Å²) in [5, 5.41) is 3.56. The van der Waals surface area contributed by atoms with Crippen molar-refractivity contribution < 1.29 is 18.0 Å². The highest BCUT2D eigenvalue weighted by molar-refractivity contribution is 7.92. The smallest absolute Gasteiger partial charge is 0.244 e. The molecule has 0 unspecified atom stereocenters. The van der Waals surface area contributed by atoms with Gasteiger partial charge in [-0.05, 0) is 48.6 Å². The Balaban J connectivity index is 2.53. The molecule has 0 spiro atoms. The first-order valence-corrected chi connectivity index (χ1v) is 14.1. The fourth-order valence-electron chi connectivity index (χ4n) is 3.84. The molecule has 0 aliphatic carbocycles. The van der Waals surface area contributed by atoms with Crippen LogP contribution in [0.1, 0.15) is 51.2 Å². The van der Waals surface area contributed by atoms with Crippen LogP contribution in [0.4, 0.5) is 5.69 Å². The Labute approximate surface area is 218 Å². The van der Waals surface area contributed by atoms with E-state index < -0.39 is 28.5 Å². The van der Waals surface area contributed by atoms with Gasteiger partial charge in [-0.3, -0.25) is 13.9 Å². The second-order valence-electron chi connectivity index (χ2n) is 8.56. The number of likely N-dealkylation sites (N-methyl/N-ethyl adjacent to an activating group) is 1. The van der Waals surface area contributed by atoms with Crippen LogP contribution in [0.5, 0.6) is 0 Å². The Morgan fingerprint density at radius 2 is 1.71 bits per heavy atom. The zero-order valence-electron chi connectivity index (χ0n) is 20.7. The van der Waals surface area contributed by atoms with Gasteiger partial charge in [-0.15, -0.1) is 0 Å². The molecule has 0 radical (unpaired) electrons. The van der Waals surface area contributed by atoms with Gasteiger partial charge in [0.05, 0.1) is 11.9 Å². The number of amides is 2. The van der Waals surface area contributed by atoms with Crippen molar-refractivity contribution in [2.24, 2.45) is 0 Å². The molecule has 35 heavy (non-hydrogen) atoms. The topological polar surface area (TPSA) is 86.8 Å². The number of carbonyl (C=O) groups excluding carboxylic acids is 2. The molecule has 2 amide bonds. The number of hydrogen-bond donors (Lipinski definition) is 1. The van der Waals surface area contributed by atoms with Crippen LogP contribution >= 0.6 is 23.2 Å². The lowest BCUT2D eigenvalue weighted by Gasteiger charge is -2.33. The quantitative estimate of drug-likeness (QED) is 0.441. The highest BCUT2D eigenvalue weighted by Crippen LogP contribution is 2.30.